The topological polar surface area (TPSA) is 88.6 Å². The van der Waals surface area contributed by atoms with Crippen molar-refractivity contribution in [1.82, 2.24) is 4.98 Å². The first-order valence-electron chi connectivity index (χ1n) is 7.84. The van der Waals surface area contributed by atoms with Crippen molar-refractivity contribution in [3.63, 3.8) is 0 Å². The third-order valence-electron chi connectivity index (χ3n) is 3.91. The molecule has 2 heterocycles. The van der Waals surface area contributed by atoms with E-state index in [2.05, 4.69) is 15.0 Å². The molecule has 0 aliphatic carbocycles. The van der Waals surface area contributed by atoms with Gasteiger partial charge < -0.3 is 15.0 Å². The SMILES string of the molecule is COC(=O)c1cc(C(=O)Nc2cccc(N3CCCC3=O)c2)ccn1. The molecule has 1 aliphatic heterocycles. The summed E-state index contributed by atoms with van der Waals surface area (Å²) in [7, 11) is 1.25. The van der Waals surface area contributed by atoms with Crippen molar-refractivity contribution in [2.24, 2.45) is 0 Å². The van der Waals surface area contributed by atoms with Gasteiger partial charge in [0.25, 0.3) is 5.91 Å². The summed E-state index contributed by atoms with van der Waals surface area (Å²) >= 11 is 0. The number of carbonyl (C=O) groups excluding carboxylic acids is 3. The molecule has 0 spiro atoms. The molecular weight excluding hydrogens is 322 g/mol. The molecule has 1 aromatic heterocycles. The van der Waals surface area contributed by atoms with Crippen molar-refractivity contribution in [3.8, 4) is 0 Å². The largest absolute Gasteiger partial charge is 0.464 e. The normalized spacial score (nSPS) is 13.6. The van der Waals surface area contributed by atoms with Crippen LogP contribution in [0.4, 0.5) is 11.4 Å². The molecule has 1 saturated heterocycles. The monoisotopic (exact) mass is 339 g/mol. The van der Waals surface area contributed by atoms with E-state index < -0.39 is 5.97 Å². The first-order valence-corrected chi connectivity index (χ1v) is 7.84. The molecule has 0 atom stereocenters. The van der Waals surface area contributed by atoms with Gasteiger partial charge in [-0.05, 0) is 36.8 Å². The average molecular weight is 339 g/mol. The maximum Gasteiger partial charge on any atom is 0.356 e. The molecule has 128 valence electrons. The van der Waals surface area contributed by atoms with Gasteiger partial charge in [0, 0.05) is 36.1 Å². The first kappa shape index (κ1) is 16.6. The van der Waals surface area contributed by atoms with Gasteiger partial charge in [-0.25, -0.2) is 9.78 Å². The molecule has 7 nitrogen and oxygen atoms in total. The van der Waals surface area contributed by atoms with Crippen LogP contribution in [0.3, 0.4) is 0 Å². The van der Waals surface area contributed by atoms with Crippen LogP contribution in [0.5, 0.6) is 0 Å². The number of aromatic nitrogens is 1. The van der Waals surface area contributed by atoms with Gasteiger partial charge in [0.2, 0.25) is 5.91 Å². The number of nitrogens with zero attached hydrogens (tertiary/aromatic N) is 2. The van der Waals surface area contributed by atoms with Gasteiger partial charge in [0.15, 0.2) is 0 Å². The van der Waals surface area contributed by atoms with Crippen molar-refractivity contribution in [3.05, 3.63) is 53.9 Å². The second-order valence-corrected chi connectivity index (χ2v) is 5.57. The Bertz CT molecular complexity index is 835. The molecule has 1 fully saturated rings. The third-order valence-corrected chi connectivity index (χ3v) is 3.91. The highest BCUT2D eigenvalue weighted by Crippen LogP contribution is 2.24. The summed E-state index contributed by atoms with van der Waals surface area (Å²) in [5.74, 6) is -0.901. The molecule has 7 heteroatoms. The zero-order chi connectivity index (χ0) is 17.8. The zero-order valence-electron chi connectivity index (χ0n) is 13.7. The van der Waals surface area contributed by atoms with E-state index >= 15 is 0 Å². The van der Waals surface area contributed by atoms with E-state index in [1.54, 1.807) is 23.1 Å². The van der Waals surface area contributed by atoms with Crippen LogP contribution in [0.2, 0.25) is 0 Å². The number of anilines is 2. The van der Waals surface area contributed by atoms with Gasteiger partial charge in [0.05, 0.1) is 7.11 Å². The van der Waals surface area contributed by atoms with Gasteiger partial charge in [-0.1, -0.05) is 6.07 Å². The number of methoxy groups -OCH3 is 1. The molecule has 3 rings (SSSR count). The molecule has 25 heavy (non-hydrogen) atoms. The van der Waals surface area contributed by atoms with Gasteiger partial charge >= 0.3 is 5.97 Å². The summed E-state index contributed by atoms with van der Waals surface area (Å²) in [5, 5.41) is 2.76. The Morgan fingerprint density at radius 2 is 2.08 bits per heavy atom. The first-order chi connectivity index (χ1) is 12.1. The maximum atomic E-state index is 12.4. The van der Waals surface area contributed by atoms with Gasteiger partial charge in [0.1, 0.15) is 5.69 Å². The number of benzene rings is 1. The van der Waals surface area contributed by atoms with Gasteiger partial charge in [-0.3, -0.25) is 9.59 Å². The molecule has 0 saturated carbocycles. The van der Waals surface area contributed by atoms with Gasteiger partial charge in [-0.15, -0.1) is 0 Å². The number of carbonyl (C=O) groups is 3. The van der Waals surface area contributed by atoms with E-state index in [0.717, 1.165) is 12.1 Å². The van der Waals surface area contributed by atoms with Crippen LogP contribution >= 0.6 is 0 Å². The Hall–Kier alpha value is -3.22. The van der Waals surface area contributed by atoms with Crippen LogP contribution in [-0.2, 0) is 9.53 Å². The number of amides is 2. The molecule has 1 aliphatic rings. The second-order valence-electron chi connectivity index (χ2n) is 5.57. The maximum absolute atomic E-state index is 12.4. The fourth-order valence-corrected chi connectivity index (χ4v) is 2.66. The summed E-state index contributed by atoms with van der Waals surface area (Å²) < 4.78 is 4.60. The highest BCUT2D eigenvalue weighted by molar-refractivity contribution is 6.05. The lowest BCUT2D eigenvalue weighted by Gasteiger charge is -2.16. The molecule has 1 N–H and O–H groups in total. The highest BCUT2D eigenvalue weighted by Gasteiger charge is 2.22. The Morgan fingerprint density at radius 3 is 2.80 bits per heavy atom. The molecule has 1 aromatic carbocycles. The van der Waals surface area contributed by atoms with E-state index in [-0.39, 0.29) is 23.1 Å². The second kappa shape index (κ2) is 7.12. The molecule has 0 radical (unpaired) electrons. The smallest absolute Gasteiger partial charge is 0.356 e. The standard InChI is InChI=1S/C18H17N3O4/c1-25-18(24)15-10-12(7-8-19-15)17(23)20-13-4-2-5-14(11-13)21-9-3-6-16(21)22/h2,4-5,7-8,10-11H,3,6,9H2,1H3,(H,20,23). The summed E-state index contributed by atoms with van der Waals surface area (Å²) in [6, 6.07) is 9.99. The number of rotatable bonds is 4. The van der Waals surface area contributed by atoms with Crippen LogP contribution in [0.15, 0.2) is 42.6 Å². The van der Waals surface area contributed by atoms with Crippen LogP contribution < -0.4 is 10.2 Å². The number of hydrogen-bond donors (Lipinski definition) is 1. The Morgan fingerprint density at radius 1 is 1.24 bits per heavy atom. The summed E-state index contributed by atoms with van der Waals surface area (Å²) in [4.78, 5) is 41.3. The molecule has 2 amide bonds. The van der Waals surface area contributed by atoms with Crippen molar-refractivity contribution in [2.75, 3.05) is 23.9 Å². The Kier molecular flexibility index (Phi) is 4.74. The number of nitrogens with one attached hydrogen (secondary N) is 1. The van der Waals surface area contributed by atoms with E-state index in [0.29, 0.717) is 18.7 Å². The van der Waals surface area contributed by atoms with Crippen LogP contribution in [0.1, 0.15) is 33.7 Å². The van der Waals surface area contributed by atoms with Crippen molar-refractivity contribution >= 4 is 29.2 Å². The van der Waals surface area contributed by atoms with E-state index in [1.807, 2.05) is 6.07 Å². The summed E-state index contributed by atoms with van der Waals surface area (Å²) in [6.07, 6.45) is 2.76. The summed E-state index contributed by atoms with van der Waals surface area (Å²) in [5.41, 5.74) is 1.67. The van der Waals surface area contributed by atoms with Crippen molar-refractivity contribution < 1.29 is 19.1 Å². The van der Waals surface area contributed by atoms with Crippen molar-refractivity contribution in [1.29, 1.82) is 0 Å². The average Bonchev–Trinajstić information content (AvgIpc) is 3.07. The Balaban J connectivity index is 1.77. The fourth-order valence-electron chi connectivity index (χ4n) is 2.66. The quantitative estimate of drug-likeness (QED) is 0.863. The summed E-state index contributed by atoms with van der Waals surface area (Å²) in [6.45, 7) is 0.684. The number of pyridine rings is 1. The predicted octanol–water partition coefficient (Wildman–Crippen LogP) is 2.25. The van der Waals surface area contributed by atoms with E-state index in [9.17, 15) is 14.4 Å². The van der Waals surface area contributed by atoms with Gasteiger partial charge in [-0.2, -0.15) is 0 Å². The van der Waals surface area contributed by atoms with Crippen LogP contribution in [-0.4, -0.2) is 36.4 Å². The lowest BCUT2D eigenvalue weighted by Crippen LogP contribution is -2.23. The van der Waals surface area contributed by atoms with Crippen molar-refractivity contribution in [2.45, 2.75) is 12.8 Å². The van der Waals surface area contributed by atoms with E-state index in [1.165, 1.54) is 25.4 Å². The molecule has 0 unspecified atom stereocenters. The Labute approximate surface area is 144 Å². The lowest BCUT2D eigenvalue weighted by molar-refractivity contribution is -0.117. The number of esters is 1. The lowest BCUT2D eigenvalue weighted by atomic mass is 10.2. The van der Waals surface area contributed by atoms with Crippen LogP contribution in [0, 0.1) is 0 Å². The molecule has 2 aromatic rings. The third kappa shape index (κ3) is 3.65. The van der Waals surface area contributed by atoms with Crippen LogP contribution in [0.25, 0.3) is 0 Å². The van der Waals surface area contributed by atoms with E-state index in [4.69, 9.17) is 0 Å². The fraction of sp³-hybridized carbons (Fsp3) is 0.222. The number of hydrogen-bond acceptors (Lipinski definition) is 5. The number of ether oxygens (including phenoxy) is 1. The molecule has 0 bridgehead atoms. The minimum atomic E-state index is -0.607. The molecular formula is C18H17N3O4. The highest BCUT2D eigenvalue weighted by atomic mass is 16.5. The zero-order valence-corrected chi connectivity index (χ0v) is 13.7. The minimum absolute atomic E-state index is 0.0616. The predicted molar refractivity (Wildman–Crippen MR) is 91.6 cm³/mol. The minimum Gasteiger partial charge on any atom is -0.464 e.